The van der Waals surface area contributed by atoms with Gasteiger partial charge in [0.05, 0.1) is 10.7 Å². The third kappa shape index (κ3) is 3.44. The van der Waals surface area contributed by atoms with Crippen LogP contribution < -0.4 is 5.32 Å². The zero-order chi connectivity index (χ0) is 18.4. The first kappa shape index (κ1) is 17.4. The number of hydrogen-bond acceptors (Lipinski definition) is 3. The standard InChI is InChI=1S/C23H28N2OS/c1-14-25-21(13-27-14)18-4-2-15(3-5-18)6-7-24-23(26)22-19-9-16-8-17(11-19)12-20(22)10-16/h2-5,13,16-17,19-20,22H,6-12H2,1H3,(H,24,26). The molecule has 0 atom stereocenters. The number of benzene rings is 1. The quantitative estimate of drug-likeness (QED) is 0.806. The van der Waals surface area contributed by atoms with E-state index in [1.54, 1.807) is 11.3 Å². The maximum absolute atomic E-state index is 12.8. The molecular weight excluding hydrogens is 352 g/mol. The van der Waals surface area contributed by atoms with E-state index in [9.17, 15) is 4.79 Å². The number of aromatic nitrogens is 1. The monoisotopic (exact) mass is 380 g/mol. The van der Waals surface area contributed by atoms with Crippen molar-refractivity contribution in [2.24, 2.45) is 29.6 Å². The van der Waals surface area contributed by atoms with Gasteiger partial charge in [-0.05, 0) is 74.7 Å². The van der Waals surface area contributed by atoms with E-state index in [0.717, 1.165) is 35.5 Å². The van der Waals surface area contributed by atoms with E-state index >= 15 is 0 Å². The summed E-state index contributed by atoms with van der Waals surface area (Å²) in [5.74, 6) is 3.82. The second-order valence-electron chi connectivity index (χ2n) is 8.95. The first-order valence-electron chi connectivity index (χ1n) is 10.4. The summed E-state index contributed by atoms with van der Waals surface area (Å²) in [4.78, 5) is 17.4. The van der Waals surface area contributed by atoms with E-state index in [-0.39, 0.29) is 0 Å². The largest absolute Gasteiger partial charge is 0.356 e. The zero-order valence-corrected chi connectivity index (χ0v) is 16.8. The van der Waals surface area contributed by atoms with Crippen molar-refractivity contribution in [1.82, 2.24) is 10.3 Å². The van der Waals surface area contributed by atoms with Crippen LogP contribution in [0.2, 0.25) is 0 Å². The Kier molecular flexibility index (Phi) is 4.55. The van der Waals surface area contributed by atoms with Crippen LogP contribution in [0.25, 0.3) is 11.3 Å². The number of carbonyl (C=O) groups is 1. The number of thiazole rings is 1. The predicted octanol–water partition coefficient (Wildman–Crippen LogP) is 4.85. The Morgan fingerprint density at radius 2 is 1.74 bits per heavy atom. The van der Waals surface area contributed by atoms with Gasteiger partial charge in [0.15, 0.2) is 0 Å². The molecule has 0 aliphatic heterocycles. The van der Waals surface area contributed by atoms with E-state index in [0.29, 0.717) is 23.7 Å². The van der Waals surface area contributed by atoms with E-state index in [1.165, 1.54) is 43.2 Å². The minimum absolute atomic E-state index is 0.299. The maximum atomic E-state index is 12.8. The van der Waals surface area contributed by atoms with Crippen molar-refractivity contribution in [3.05, 3.63) is 40.2 Å². The third-order valence-electron chi connectivity index (χ3n) is 7.11. The zero-order valence-electron chi connectivity index (χ0n) is 16.0. The van der Waals surface area contributed by atoms with Gasteiger partial charge in [0.25, 0.3) is 0 Å². The van der Waals surface area contributed by atoms with Gasteiger partial charge < -0.3 is 5.32 Å². The number of hydrogen-bond donors (Lipinski definition) is 1. The van der Waals surface area contributed by atoms with Crippen molar-refractivity contribution >= 4 is 17.2 Å². The molecule has 1 amide bonds. The Labute approximate surface area is 165 Å². The molecule has 3 nitrogen and oxygen atoms in total. The van der Waals surface area contributed by atoms with Gasteiger partial charge in [0.1, 0.15) is 0 Å². The highest BCUT2D eigenvalue weighted by Gasteiger charge is 2.50. The Hall–Kier alpha value is -1.68. The smallest absolute Gasteiger partial charge is 0.223 e. The van der Waals surface area contributed by atoms with Crippen molar-refractivity contribution in [2.45, 2.75) is 45.4 Å². The van der Waals surface area contributed by atoms with Crippen molar-refractivity contribution in [3.63, 3.8) is 0 Å². The fraction of sp³-hybridized carbons (Fsp3) is 0.565. The fourth-order valence-electron chi connectivity index (χ4n) is 6.14. The SMILES string of the molecule is Cc1nc(-c2ccc(CCNC(=O)C3C4CC5CC(C4)CC3C5)cc2)cs1. The molecule has 1 heterocycles. The van der Waals surface area contributed by atoms with Gasteiger partial charge in [0.2, 0.25) is 5.91 Å². The second kappa shape index (κ2) is 7.05. The van der Waals surface area contributed by atoms with Crippen molar-refractivity contribution in [2.75, 3.05) is 6.54 Å². The van der Waals surface area contributed by atoms with Crippen LogP contribution in [0.3, 0.4) is 0 Å². The van der Waals surface area contributed by atoms with Crippen LogP contribution in [0.15, 0.2) is 29.6 Å². The Bertz CT molecular complexity index is 797. The first-order chi connectivity index (χ1) is 13.2. The molecule has 27 heavy (non-hydrogen) atoms. The van der Waals surface area contributed by atoms with Gasteiger partial charge in [-0.1, -0.05) is 24.3 Å². The Balaban J connectivity index is 1.15. The fourth-order valence-corrected chi connectivity index (χ4v) is 6.76. The summed E-state index contributed by atoms with van der Waals surface area (Å²) in [6.45, 7) is 2.78. The summed E-state index contributed by atoms with van der Waals surface area (Å²) in [5, 5.41) is 6.46. The number of rotatable bonds is 5. The lowest BCUT2D eigenvalue weighted by molar-refractivity contribution is -0.138. The highest BCUT2D eigenvalue weighted by atomic mass is 32.1. The molecule has 1 aromatic carbocycles. The summed E-state index contributed by atoms with van der Waals surface area (Å²) >= 11 is 1.69. The summed E-state index contributed by atoms with van der Waals surface area (Å²) in [7, 11) is 0. The predicted molar refractivity (Wildman–Crippen MR) is 110 cm³/mol. The topological polar surface area (TPSA) is 42.0 Å². The molecule has 4 saturated carbocycles. The molecule has 2 aromatic rings. The lowest BCUT2D eigenvalue weighted by atomic mass is 9.51. The molecule has 4 bridgehead atoms. The highest BCUT2D eigenvalue weighted by molar-refractivity contribution is 7.09. The molecule has 0 radical (unpaired) electrons. The molecule has 0 unspecified atom stereocenters. The molecule has 0 saturated heterocycles. The molecule has 1 N–H and O–H groups in total. The van der Waals surface area contributed by atoms with E-state index in [4.69, 9.17) is 0 Å². The van der Waals surface area contributed by atoms with Crippen molar-refractivity contribution in [1.29, 1.82) is 0 Å². The lowest BCUT2D eigenvalue weighted by Crippen LogP contribution is -2.51. The summed E-state index contributed by atoms with van der Waals surface area (Å²) < 4.78 is 0. The number of carbonyl (C=O) groups excluding carboxylic acids is 1. The summed E-state index contributed by atoms with van der Waals surface area (Å²) in [5.41, 5.74) is 3.50. The second-order valence-corrected chi connectivity index (χ2v) is 10.0. The minimum Gasteiger partial charge on any atom is -0.356 e. The average Bonchev–Trinajstić information content (AvgIpc) is 3.08. The maximum Gasteiger partial charge on any atom is 0.223 e. The van der Waals surface area contributed by atoms with E-state index in [1.807, 2.05) is 6.92 Å². The van der Waals surface area contributed by atoms with Gasteiger partial charge in [-0.15, -0.1) is 11.3 Å². The molecule has 6 rings (SSSR count). The highest BCUT2D eigenvalue weighted by Crippen LogP contribution is 2.56. The number of nitrogens with zero attached hydrogens (tertiary/aromatic N) is 1. The molecule has 142 valence electrons. The van der Waals surface area contributed by atoms with Crippen molar-refractivity contribution < 1.29 is 4.79 Å². The van der Waals surface area contributed by atoms with E-state index < -0.39 is 0 Å². The normalized spacial score (nSPS) is 31.2. The van der Waals surface area contributed by atoms with Crippen LogP contribution in [-0.2, 0) is 11.2 Å². The number of amides is 1. The molecular formula is C23H28N2OS. The van der Waals surface area contributed by atoms with Crippen LogP contribution in [0.5, 0.6) is 0 Å². The number of nitrogens with one attached hydrogen (secondary N) is 1. The van der Waals surface area contributed by atoms with E-state index in [2.05, 4.69) is 39.9 Å². The van der Waals surface area contributed by atoms with Crippen LogP contribution in [0.4, 0.5) is 0 Å². The van der Waals surface area contributed by atoms with Crippen molar-refractivity contribution in [3.8, 4) is 11.3 Å². The minimum atomic E-state index is 0.299. The molecule has 1 aromatic heterocycles. The van der Waals surface area contributed by atoms with Crippen LogP contribution in [0.1, 0.15) is 42.7 Å². The molecule has 4 aliphatic rings. The first-order valence-corrected chi connectivity index (χ1v) is 11.3. The van der Waals surface area contributed by atoms with Gasteiger partial charge >= 0.3 is 0 Å². The lowest BCUT2D eigenvalue weighted by Gasteiger charge is -2.53. The van der Waals surface area contributed by atoms with Crippen LogP contribution >= 0.6 is 11.3 Å². The summed E-state index contributed by atoms with van der Waals surface area (Å²) in [6.07, 6.45) is 7.57. The average molecular weight is 381 g/mol. The summed E-state index contributed by atoms with van der Waals surface area (Å²) in [6, 6.07) is 8.62. The molecule has 4 heteroatoms. The Morgan fingerprint density at radius 3 is 2.33 bits per heavy atom. The molecule has 4 fully saturated rings. The van der Waals surface area contributed by atoms with Crippen LogP contribution in [-0.4, -0.2) is 17.4 Å². The van der Waals surface area contributed by atoms with Gasteiger partial charge in [-0.25, -0.2) is 4.98 Å². The van der Waals surface area contributed by atoms with Gasteiger partial charge in [0, 0.05) is 23.4 Å². The molecule has 0 spiro atoms. The number of aryl methyl sites for hydroxylation is 1. The Morgan fingerprint density at radius 1 is 1.07 bits per heavy atom. The molecule has 4 aliphatic carbocycles. The van der Waals surface area contributed by atoms with Crippen LogP contribution in [0, 0.1) is 36.5 Å². The van der Waals surface area contributed by atoms with Gasteiger partial charge in [-0.2, -0.15) is 0 Å². The third-order valence-corrected chi connectivity index (χ3v) is 7.88. The van der Waals surface area contributed by atoms with Gasteiger partial charge in [-0.3, -0.25) is 4.79 Å².